The molecule has 0 saturated carbocycles. The minimum atomic E-state index is -0.328. The van der Waals surface area contributed by atoms with E-state index in [-0.39, 0.29) is 11.9 Å². The lowest BCUT2D eigenvalue weighted by Crippen LogP contribution is -2.35. The third-order valence-electron chi connectivity index (χ3n) is 5.62. The number of hydrogen-bond acceptors (Lipinski definition) is 6. The molecule has 9 heteroatoms. The summed E-state index contributed by atoms with van der Waals surface area (Å²) in [7, 11) is 3.26. The lowest BCUT2D eigenvalue weighted by molar-refractivity contribution is -0.115. The first-order valence-corrected chi connectivity index (χ1v) is 11.8. The fraction of sp³-hybridized carbons (Fsp3) is 0.214. The molecular formula is C28H30N6O3. The van der Waals surface area contributed by atoms with Crippen LogP contribution in [0.1, 0.15) is 22.5 Å². The van der Waals surface area contributed by atoms with Gasteiger partial charge in [0.25, 0.3) is 5.91 Å². The number of nitrogens with zero attached hydrogens (tertiary/aromatic N) is 3. The number of hydrogen-bond donors (Lipinski definition) is 3. The number of carbonyl (C=O) groups excluding carboxylic acids is 1. The van der Waals surface area contributed by atoms with Gasteiger partial charge in [0.1, 0.15) is 11.5 Å². The van der Waals surface area contributed by atoms with Gasteiger partial charge in [0.05, 0.1) is 14.2 Å². The van der Waals surface area contributed by atoms with Gasteiger partial charge in [-0.15, -0.1) is 0 Å². The number of aromatic amines is 1. The Bertz CT molecular complexity index is 1420. The summed E-state index contributed by atoms with van der Waals surface area (Å²) in [6.07, 6.45) is 5.81. The highest BCUT2D eigenvalue weighted by Gasteiger charge is 2.09. The van der Waals surface area contributed by atoms with Crippen LogP contribution in [0.15, 0.2) is 65.8 Å². The third-order valence-corrected chi connectivity index (χ3v) is 5.62. The van der Waals surface area contributed by atoms with E-state index in [0.29, 0.717) is 18.9 Å². The molecule has 0 saturated heterocycles. The number of amides is 1. The van der Waals surface area contributed by atoms with Crippen LogP contribution >= 0.6 is 0 Å². The summed E-state index contributed by atoms with van der Waals surface area (Å²) in [5.41, 5.74) is 4.62. The maximum Gasteiger partial charge on any atom is 0.250 e. The van der Waals surface area contributed by atoms with Crippen LogP contribution in [0, 0.1) is 13.8 Å². The molecule has 0 unspecified atom stereocenters. The minimum absolute atomic E-state index is 0.274. The number of rotatable bonds is 8. The Morgan fingerprint density at radius 2 is 1.70 bits per heavy atom. The van der Waals surface area contributed by atoms with Gasteiger partial charge in [-0.3, -0.25) is 20.4 Å². The van der Waals surface area contributed by atoms with Crippen molar-refractivity contribution in [1.29, 1.82) is 0 Å². The lowest BCUT2D eigenvalue weighted by atomic mass is 10.1. The first-order valence-electron chi connectivity index (χ1n) is 11.8. The fourth-order valence-corrected chi connectivity index (χ4v) is 3.83. The number of carbonyl (C=O) groups is 1. The van der Waals surface area contributed by atoms with E-state index >= 15 is 0 Å². The van der Waals surface area contributed by atoms with Crippen molar-refractivity contribution in [3.63, 3.8) is 0 Å². The minimum Gasteiger partial charge on any atom is -0.497 e. The number of guanidine groups is 1. The Morgan fingerprint density at radius 1 is 1.00 bits per heavy atom. The smallest absolute Gasteiger partial charge is 0.250 e. The molecule has 0 fully saturated rings. The van der Waals surface area contributed by atoms with Crippen molar-refractivity contribution in [3.8, 4) is 11.5 Å². The molecule has 3 N–H and O–H groups in total. The van der Waals surface area contributed by atoms with Crippen molar-refractivity contribution in [2.75, 3.05) is 26.1 Å². The molecule has 0 aliphatic rings. The number of aliphatic imine (C=N–C) groups is 1. The quantitative estimate of drug-likeness (QED) is 0.188. The van der Waals surface area contributed by atoms with Crippen molar-refractivity contribution in [3.05, 3.63) is 83.3 Å². The van der Waals surface area contributed by atoms with Crippen LogP contribution in [0.4, 0.5) is 5.95 Å². The molecule has 0 spiro atoms. The first-order chi connectivity index (χ1) is 17.9. The highest BCUT2D eigenvalue weighted by molar-refractivity contribution is 6.08. The van der Waals surface area contributed by atoms with Crippen molar-refractivity contribution in [2.24, 2.45) is 4.99 Å². The number of nitrogens with one attached hydrogen (secondary N) is 3. The largest absolute Gasteiger partial charge is 0.497 e. The summed E-state index contributed by atoms with van der Waals surface area (Å²) < 4.78 is 10.5. The molecule has 4 aromatic rings. The van der Waals surface area contributed by atoms with Crippen LogP contribution in [-0.2, 0) is 11.2 Å². The van der Waals surface area contributed by atoms with Gasteiger partial charge in [-0.25, -0.2) is 9.97 Å². The van der Waals surface area contributed by atoms with Gasteiger partial charge in [-0.1, -0.05) is 12.1 Å². The number of fused-ring (bicyclic) bond motifs is 1. The Hall–Kier alpha value is -4.66. The number of benzene rings is 2. The number of H-pyrrole nitrogens is 1. The molecule has 1 amide bonds. The molecule has 0 aliphatic heterocycles. The monoisotopic (exact) mass is 498 g/mol. The molecular weight excluding hydrogens is 468 g/mol. The van der Waals surface area contributed by atoms with Gasteiger partial charge < -0.3 is 14.5 Å². The summed E-state index contributed by atoms with van der Waals surface area (Å²) in [5, 5.41) is 6.98. The third kappa shape index (κ3) is 6.94. The molecule has 0 bridgehead atoms. The zero-order valence-electron chi connectivity index (χ0n) is 21.3. The van der Waals surface area contributed by atoms with E-state index in [9.17, 15) is 4.79 Å². The lowest BCUT2D eigenvalue weighted by Gasteiger charge is -2.10. The van der Waals surface area contributed by atoms with Crippen molar-refractivity contribution in [1.82, 2.24) is 20.3 Å². The van der Waals surface area contributed by atoms with Gasteiger partial charge in [-0.2, -0.15) is 0 Å². The summed E-state index contributed by atoms with van der Waals surface area (Å²) in [4.78, 5) is 29.4. The molecule has 2 heterocycles. The summed E-state index contributed by atoms with van der Waals surface area (Å²) in [6, 6.07) is 15.2. The number of ether oxygens (including phenoxy) is 2. The molecule has 9 nitrogen and oxygen atoms in total. The van der Waals surface area contributed by atoms with E-state index < -0.39 is 0 Å². The molecule has 0 aliphatic carbocycles. The van der Waals surface area contributed by atoms with Crippen LogP contribution in [-0.4, -0.2) is 47.6 Å². The van der Waals surface area contributed by atoms with E-state index in [0.717, 1.165) is 44.9 Å². The summed E-state index contributed by atoms with van der Waals surface area (Å²) in [6.45, 7) is 4.21. The Kier molecular flexibility index (Phi) is 8.15. The predicted molar refractivity (Wildman–Crippen MR) is 146 cm³/mol. The Labute approximate surface area is 215 Å². The summed E-state index contributed by atoms with van der Waals surface area (Å²) >= 11 is 0. The normalized spacial score (nSPS) is 11.6. The van der Waals surface area contributed by atoms with Crippen LogP contribution in [0.5, 0.6) is 11.5 Å². The number of aromatic nitrogens is 3. The maximum atomic E-state index is 12.7. The zero-order valence-corrected chi connectivity index (χ0v) is 21.3. The predicted octanol–water partition coefficient (Wildman–Crippen LogP) is 4.43. The second kappa shape index (κ2) is 11.9. The van der Waals surface area contributed by atoms with Crippen molar-refractivity contribution >= 4 is 34.8 Å². The van der Waals surface area contributed by atoms with Gasteiger partial charge >= 0.3 is 0 Å². The molecule has 4 rings (SSSR count). The standard InChI is InChI=1S/C28H30N6O3/c1-18-15-19(2)32-28(31-18)34-27(33-26(35)12-7-20-5-8-22(36-3)9-6-20)29-14-13-21-17-30-25-16-23(37-4)10-11-24(21)25/h5-12,15-17,30H,13-14H2,1-4H3,(H2,29,31,32,33,34,35). The SMILES string of the molecule is COc1ccc(C=CC(=O)NC(=NCCc2c[nH]c3cc(OC)ccc23)Nc2nc(C)cc(C)n2)cc1. The molecule has 0 atom stereocenters. The topological polar surface area (TPSA) is 114 Å². The molecule has 37 heavy (non-hydrogen) atoms. The van der Waals surface area contributed by atoms with Crippen LogP contribution in [0.3, 0.4) is 0 Å². The number of aryl methyl sites for hydroxylation is 2. The van der Waals surface area contributed by atoms with Gasteiger partial charge in [0.15, 0.2) is 0 Å². The first kappa shape index (κ1) is 25.4. The van der Waals surface area contributed by atoms with Gasteiger partial charge in [0, 0.05) is 47.2 Å². The van der Waals surface area contributed by atoms with E-state index in [1.54, 1.807) is 20.3 Å². The number of methoxy groups -OCH3 is 2. The second-order valence-electron chi connectivity index (χ2n) is 8.40. The summed E-state index contributed by atoms with van der Waals surface area (Å²) in [5.74, 6) is 1.86. The van der Waals surface area contributed by atoms with Crippen molar-refractivity contribution in [2.45, 2.75) is 20.3 Å². The average molecular weight is 499 g/mol. The molecule has 190 valence electrons. The van der Waals surface area contributed by atoms with E-state index in [4.69, 9.17) is 9.47 Å². The van der Waals surface area contributed by atoms with Crippen LogP contribution < -0.4 is 20.1 Å². The van der Waals surface area contributed by atoms with Gasteiger partial charge in [0.2, 0.25) is 11.9 Å². The van der Waals surface area contributed by atoms with Gasteiger partial charge in [-0.05, 0) is 67.8 Å². The maximum absolute atomic E-state index is 12.7. The Balaban J connectivity index is 1.48. The average Bonchev–Trinajstić information content (AvgIpc) is 3.29. The highest BCUT2D eigenvalue weighted by Crippen LogP contribution is 2.23. The number of anilines is 1. The van der Waals surface area contributed by atoms with Crippen molar-refractivity contribution < 1.29 is 14.3 Å². The molecule has 0 radical (unpaired) electrons. The Morgan fingerprint density at radius 3 is 2.41 bits per heavy atom. The van der Waals surface area contributed by atoms with E-state index in [1.807, 2.05) is 68.6 Å². The second-order valence-corrected chi connectivity index (χ2v) is 8.40. The molecule has 2 aromatic carbocycles. The van der Waals surface area contributed by atoms with E-state index in [1.165, 1.54) is 6.08 Å². The van der Waals surface area contributed by atoms with E-state index in [2.05, 4.69) is 30.6 Å². The van der Waals surface area contributed by atoms with Crippen LogP contribution in [0.2, 0.25) is 0 Å². The molecule has 2 aromatic heterocycles. The van der Waals surface area contributed by atoms with Crippen LogP contribution in [0.25, 0.3) is 17.0 Å². The fourth-order valence-electron chi connectivity index (χ4n) is 3.83. The zero-order chi connectivity index (χ0) is 26.2. The highest BCUT2D eigenvalue weighted by atomic mass is 16.5.